The number of phenols is 1. The number of H-pyrrole nitrogens is 1. The first kappa shape index (κ1) is 17.3. The van der Waals surface area contributed by atoms with Gasteiger partial charge in [0.15, 0.2) is 0 Å². The topological polar surface area (TPSA) is 69.2 Å². The molecule has 144 valence electrons. The van der Waals surface area contributed by atoms with E-state index in [0.29, 0.717) is 17.7 Å². The van der Waals surface area contributed by atoms with Crippen LogP contribution in [0, 0.1) is 5.41 Å². The van der Waals surface area contributed by atoms with Crippen molar-refractivity contribution >= 4 is 16.9 Å². The first-order valence-electron chi connectivity index (χ1n) is 9.88. The molecule has 1 aromatic heterocycles. The van der Waals surface area contributed by atoms with E-state index in [1.54, 1.807) is 12.4 Å². The minimum Gasteiger partial charge on any atom is -0.508 e. The molecule has 0 radical (unpaired) electrons. The fourth-order valence-corrected chi connectivity index (χ4v) is 5.40. The molecule has 1 aliphatic heterocycles. The van der Waals surface area contributed by atoms with Crippen molar-refractivity contribution < 1.29 is 9.90 Å². The van der Waals surface area contributed by atoms with E-state index in [1.165, 1.54) is 5.56 Å². The molecule has 2 bridgehead atoms. The van der Waals surface area contributed by atoms with Crippen molar-refractivity contribution in [3.8, 4) is 5.75 Å². The molecule has 2 atom stereocenters. The first-order chi connectivity index (χ1) is 13.3. The van der Waals surface area contributed by atoms with Crippen molar-refractivity contribution in [1.82, 2.24) is 14.9 Å². The number of amides is 1. The Morgan fingerprint density at radius 2 is 2.07 bits per heavy atom. The number of hydrogen-bond acceptors (Lipinski definition) is 3. The van der Waals surface area contributed by atoms with Gasteiger partial charge in [-0.2, -0.15) is 0 Å². The second-order valence-electron chi connectivity index (χ2n) is 8.96. The Morgan fingerprint density at radius 3 is 2.89 bits per heavy atom. The number of phenolic OH excluding ortho intramolecular Hbond substituents is 1. The fraction of sp³-hybridized carbons (Fsp3) is 0.391. The number of likely N-dealkylation sites (tertiary alicyclic amines) is 1. The van der Waals surface area contributed by atoms with Crippen molar-refractivity contribution in [2.24, 2.45) is 5.41 Å². The maximum Gasteiger partial charge on any atom is 0.254 e. The highest BCUT2D eigenvalue weighted by atomic mass is 16.3. The van der Waals surface area contributed by atoms with E-state index < -0.39 is 0 Å². The molecule has 5 nitrogen and oxygen atoms in total. The van der Waals surface area contributed by atoms with Crippen molar-refractivity contribution in [1.29, 1.82) is 0 Å². The van der Waals surface area contributed by atoms with E-state index in [2.05, 4.69) is 36.8 Å². The van der Waals surface area contributed by atoms with Gasteiger partial charge in [0.2, 0.25) is 0 Å². The van der Waals surface area contributed by atoms with Crippen LogP contribution < -0.4 is 0 Å². The van der Waals surface area contributed by atoms with Crippen LogP contribution in [-0.2, 0) is 11.8 Å². The van der Waals surface area contributed by atoms with Crippen molar-refractivity contribution in [3.05, 3.63) is 59.4 Å². The zero-order valence-corrected chi connectivity index (χ0v) is 16.5. The highest BCUT2D eigenvalue weighted by Gasteiger charge is 2.57. The number of hydrogen-bond donors (Lipinski definition) is 2. The Labute approximate surface area is 164 Å². The number of aromatic amines is 1. The average Bonchev–Trinajstić information content (AvgIpc) is 3.12. The van der Waals surface area contributed by atoms with Crippen LogP contribution in [0.5, 0.6) is 5.75 Å². The highest BCUT2D eigenvalue weighted by molar-refractivity contribution is 5.97. The van der Waals surface area contributed by atoms with Gasteiger partial charge in [0, 0.05) is 23.6 Å². The minimum absolute atomic E-state index is 0.0389. The van der Waals surface area contributed by atoms with Crippen LogP contribution in [0.1, 0.15) is 48.7 Å². The maximum atomic E-state index is 13.5. The monoisotopic (exact) mass is 375 g/mol. The third-order valence-corrected chi connectivity index (χ3v) is 7.56. The first-order valence-corrected chi connectivity index (χ1v) is 9.88. The molecule has 1 saturated heterocycles. The van der Waals surface area contributed by atoms with Gasteiger partial charge < -0.3 is 15.0 Å². The standard InChI is InChI=1S/C23H25N3O2/c1-22(2)20-12-15-16(5-4-6-19(15)27)23(22,3)9-10-26(20)21(28)14-7-8-17-18(11-14)25-13-24-17/h4-8,11,13,20,27H,9-10,12H2,1-3H3,(H,24,25). The van der Waals surface area contributed by atoms with Gasteiger partial charge in [0.25, 0.3) is 5.91 Å². The normalized spacial score (nSPS) is 25.5. The van der Waals surface area contributed by atoms with Gasteiger partial charge in [-0.3, -0.25) is 4.79 Å². The third-order valence-electron chi connectivity index (χ3n) is 7.56. The molecular weight excluding hydrogens is 350 g/mol. The van der Waals surface area contributed by atoms with Crippen LogP contribution in [-0.4, -0.2) is 38.5 Å². The number of aromatic hydroxyl groups is 1. The van der Waals surface area contributed by atoms with Gasteiger partial charge in [0.05, 0.1) is 17.4 Å². The van der Waals surface area contributed by atoms with Crippen LogP contribution in [0.2, 0.25) is 0 Å². The molecule has 3 aromatic rings. The van der Waals surface area contributed by atoms with Crippen LogP contribution >= 0.6 is 0 Å². The summed E-state index contributed by atoms with van der Waals surface area (Å²) in [6.45, 7) is 7.54. The van der Waals surface area contributed by atoms with Crippen LogP contribution in [0.25, 0.3) is 11.0 Å². The van der Waals surface area contributed by atoms with Gasteiger partial charge in [-0.05, 0) is 53.6 Å². The number of carbonyl (C=O) groups excluding carboxylic acids is 1. The molecule has 5 heteroatoms. The molecule has 1 fully saturated rings. The summed E-state index contributed by atoms with van der Waals surface area (Å²) in [6, 6.07) is 11.5. The molecular formula is C23H25N3O2. The van der Waals surface area contributed by atoms with Gasteiger partial charge >= 0.3 is 0 Å². The minimum atomic E-state index is -0.0974. The van der Waals surface area contributed by atoms with Crippen LogP contribution in [0.4, 0.5) is 0 Å². The number of benzene rings is 2. The smallest absolute Gasteiger partial charge is 0.254 e. The maximum absolute atomic E-state index is 13.5. The molecule has 1 aliphatic carbocycles. The molecule has 0 saturated carbocycles. The number of piperidine rings is 1. The molecule has 2 heterocycles. The van der Waals surface area contributed by atoms with Crippen molar-refractivity contribution in [2.75, 3.05) is 6.54 Å². The summed E-state index contributed by atoms with van der Waals surface area (Å²) < 4.78 is 0. The molecule has 2 aliphatic rings. The number of nitrogens with zero attached hydrogens (tertiary/aromatic N) is 2. The largest absolute Gasteiger partial charge is 0.508 e. The summed E-state index contributed by atoms with van der Waals surface area (Å²) in [5.41, 5.74) is 4.47. The fourth-order valence-electron chi connectivity index (χ4n) is 5.40. The van der Waals surface area contributed by atoms with Crippen molar-refractivity contribution in [3.63, 3.8) is 0 Å². The Balaban J connectivity index is 1.58. The number of carbonyl (C=O) groups is 1. The molecule has 2 aromatic carbocycles. The van der Waals surface area contributed by atoms with E-state index in [9.17, 15) is 9.90 Å². The molecule has 2 N–H and O–H groups in total. The zero-order valence-electron chi connectivity index (χ0n) is 16.5. The number of fused-ring (bicyclic) bond motifs is 5. The summed E-state index contributed by atoms with van der Waals surface area (Å²) in [5, 5.41) is 10.5. The molecule has 1 amide bonds. The predicted molar refractivity (Wildman–Crippen MR) is 108 cm³/mol. The summed E-state index contributed by atoms with van der Waals surface area (Å²) in [5.74, 6) is 0.396. The van der Waals surface area contributed by atoms with E-state index in [1.807, 2.05) is 29.2 Å². The van der Waals surface area contributed by atoms with Gasteiger partial charge in [-0.1, -0.05) is 32.9 Å². The third kappa shape index (κ3) is 2.13. The lowest BCUT2D eigenvalue weighted by molar-refractivity contribution is -0.0266. The van der Waals surface area contributed by atoms with Crippen molar-refractivity contribution in [2.45, 2.75) is 45.1 Å². The van der Waals surface area contributed by atoms with E-state index >= 15 is 0 Å². The van der Waals surface area contributed by atoms with Crippen LogP contribution in [0.15, 0.2) is 42.7 Å². The SMILES string of the molecule is CC12CCN(C(=O)c3ccc4nc[nH]c4c3)C(Cc3c(O)cccc31)C2(C)C. The lowest BCUT2D eigenvalue weighted by Gasteiger charge is -2.60. The van der Waals surface area contributed by atoms with Gasteiger partial charge in [0.1, 0.15) is 5.75 Å². The highest BCUT2D eigenvalue weighted by Crippen LogP contribution is 2.57. The number of nitrogens with one attached hydrogen (secondary N) is 1. The number of aromatic nitrogens is 2. The Kier molecular flexibility index (Phi) is 3.46. The summed E-state index contributed by atoms with van der Waals surface area (Å²) >= 11 is 0. The quantitative estimate of drug-likeness (QED) is 0.675. The predicted octanol–water partition coefficient (Wildman–Crippen LogP) is 4.02. The summed E-state index contributed by atoms with van der Waals surface area (Å²) in [4.78, 5) is 22.8. The van der Waals surface area contributed by atoms with E-state index in [4.69, 9.17) is 0 Å². The number of rotatable bonds is 1. The Hall–Kier alpha value is -2.82. The Bertz CT molecular complexity index is 1100. The second kappa shape index (κ2) is 5.60. The van der Waals surface area contributed by atoms with Gasteiger partial charge in [-0.25, -0.2) is 4.98 Å². The van der Waals surface area contributed by atoms with Crippen LogP contribution in [0.3, 0.4) is 0 Å². The van der Waals surface area contributed by atoms with Gasteiger partial charge in [-0.15, -0.1) is 0 Å². The molecule has 28 heavy (non-hydrogen) atoms. The second-order valence-corrected chi connectivity index (χ2v) is 8.96. The lowest BCUT2D eigenvalue weighted by atomic mass is 9.51. The summed E-state index contributed by atoms with van der Waals surface area (Å²) in [7, 11) is 0. The zero-order chi connectivity index (χ0) is 19.7. The lowest BCUT2D eigenvalue weighted by Crippen LogP contribution is -2.64. The van der Waals surface area contributed by atoms with E-state index in [0.717, 1.165) is 29.6 Å². The van der Waals surface area contributed by atoms with E-state index in [-0.39, 0.29) is 22.8 Å². The number of imidazole rings is 1. The molecule has 2 unspecified atom stereocenters. The molecule has 0 spiro atoms. The Morgan fingerprint density at radius 1 is 1.25 bits per heavy atom. The molecule has 5 rings (SSSR count). The average molecular weight is 375 g/mol. The summed E-state index contributed by atoms with van der Waals surface area (Å²) in [6.07, 6.45) is 3.21.